The first kappa shape index (κ1) is 25.1. The number of nitriles is 1. The van der Waals surface area contributed by atoms with E-state index in [2.05, 4.69) is 10.6 Å². The van der Waals surface area contributed by atoms with Crippen LogP contribution in [-0.2, 0) is 9.59 Å². The summed E-state index contributed by atoms with van der Waals surface area (Å²) in [6.07, 6.45) is 1.47. The van der Waals surface area contributed by atoms with Crippen molar-refractivity contribution >= 4 is 29.3 Å². The van der Waals surface area contributed by atoms with Crippen LogP contribution in [0.5, 0.6) is 11.5 Å². The van der Waals surface area contributed by atoms with Gasteiger partial charge in [-0.3, -0.25) is 9.59 Å². The number of hydrogen-bond donors (Lipinski definition) is 2. The maximum absolute atomic E-state index is 12.6. The quantitative estimate of drug-likeness (QED) is 0.329. The van der Waals surface area contributed by atoms with Gasteiger partial charge in [0.2, 0.25) is 0 Å². The van der Waals surface area contributed by atoms with E-state index < -0.39 is 5.91 Å². The minimum absolute atomic E-state index is 0.0554. The molecule has 3 aromatic carbocycles. The third-order valence-corrected chi connectivity index (χ3v) is 4.88. The van der Waals surface area contributed by atoms with Gasteiger partial charge >= 0.3 is 0 Å². The van der Waals surface area contributed by atoms with E-state index in [1.807, 2.05) is 63.2 Å². The third kappa shape index (κ3) is 7.47. The highest BCUT2D eigenvalue weighted by Gasteiger charge is 2.13. The van der Waals surface area contributed by atoms with Crippen molar-refractivity contribution in [2.45, 2.75) is 20.8 Å². The Labute approximate surface area is 205 Å². The molecule has 0 heterocycles. The first-order valence-corrected chi connectivity index (χ1v) is 11.1. The molecule has 0 aliphatic heterocycles. The summed E-state index contributed by atoms with van der Waals surface area (Å²) in [6.45, 7) is 5.86. The van der Waals surface area contributed by atoms with Crippen LogP contribution in [0.1, 0.15) is 23.6 Å². The van der Waals surface area contributed by atoms with Gasteiger partial charge in [0.25, 0.3) is 11.8 Å². The van der Waals surface area contributed by atoms with Crippen LogP contribution in [0.3, 0.4) is 0 Å². The Bertz CT molecular complexity index is 1290. The van der Waals surface area contributed by atoms with E-state index in [1.165, 1.54) is 6.08 Å². The second-order valence-electron chi connectivity index (χ2n) is 7.84. The number of anilines is 2. The lowest BCUT2D eigenvalue weighted by Gasteiger charge is -2.13. The number of nitrogens with zero attached hydrogens (tertiary/aromatic N) is 1. The first-order valence-electron chi connectivity index (χ1n) is 11.1. The fourth-order valence-corrected chi connectivity index (χ4v) is 3.30. The molecule has 0 aliphatic carbocycles. The van der Waals surface area contributed by atoms with Crippen molar-refractivity contribution in [3.05, 3.63) is 89.0 Å². The van der Waals surface area contributed by atoms with Crippen molar-refractivity contribution in [3.8, 4) is 17.6 Å². The van der Waals surface area contributed by atoms with E-state index in [4.69, 9.17) is 9.47 Å². The molecule has 7 nitrogen and oxygen atoms in total. The van der Waals surface area contributed by atoms with Gasteiger partial charge < -0.3 is 20.1 Å². The van der Waals surface area contributed by atoms with Gasteiger partial charge in [-0.05, 0) is 79.9 Å². The Hall–Kier alpha value is -4.57. The zero-order valence-electron chi connectivity index (χ0n) is 19.9. The van der Waals surface area contributed by atoms with E-state index >= 15 is 0 Å². The molecule has 3 aromatic rings. The second-order valence-corrected chi connectivity index (χ2v) is 7.84. The molecular weight excluding hydrogens is 442 g/mol. The van der Waals surface area contributed by atoms with Gasteiger partial charge in [0.15, 0.2) is 18.1 Å². The van der Waals surface area contributed by atoms with Gasteiger partial charge in [-0.1, -0.05) is 30.3 Å². The lowest BCUT2D eigenvalue weighted by molar-refractivity contribution is -0.118. The fourth-order valence-electron chi connectivity index (χ4n) is 3.30. The van der Waals surface area contributed by atoms with E-state index in [0.717, 1.165) is 11.1 Å². The van der Waals surface area contributed by atoms with E-state index in [1.54, 1.807) is 30.3 Å². The maximum Gasteiger partial charge on any atom is 0.266 e. The minimum atomic E-state index is -0.510. The predicted octanol–water partition coefficient (Wildman–Crippen LogP) is 5.27. The molecule has 0 atom stereocenters. The number of nitrogens with one attached hydrogen (secondary N) is 2. The molecule has 35 heavy (non-hydrogen) atoms. The molecule has 3 rings (SSSR count). The molecule has 0 aromatic heterocycles. The fraction of sp³-hybridized carbons (Fsp3) is 0.179. The smallest absolute Gasteiger partial charge is 0.266 e. The number of carbonyl (C=O) groups excluding carboxylic acids is 2. The Kier molecular flexibility index (Phi) is 8.63. The molecule has 0 saturated carbocycles. The van der Waals surface area contributed by atoms with Gasteiger partial charge in [-0.25, -0.2) is 0 Å². The molecule has 0 radical (unpaired) electrons. The van der Waals surface area contributed by atoms with E-state index in [-0.39, 0.29) is 18.1 Å². The average Bonchev–Trinajstić information content (AvgIpc) is 2.82. The largest absolute Gasteiger partial charge is 0.490 e. The van der Waals surface area contributed by atoms with Crippen LogP contribution in [0.4, 0.5) is 11.4 Å². The van der Waals surface area contributed by atoms with Crippen molar-refractivity contribution in [2.75, 3.05) is 23.8 Å². The Balaban J connectivity index is 1.71. The molecule has 0 spiro atoms. The van der Waals surface area contributed by atoms with Gasteiger partial charge in [-0.15, -0.1) is 0 Å². The summed E-state index contributed by atoms with van der Waals surface area (Å²) in [5.41, 5.74) is 3.86. The molecule has 0 unspecified atom stereocenters. The molecule has 7 heteroatoms. The minimum Gasteiger partial charge on any atom is -0.490 e. The number of benzene rings is 3. The summed E-state index contributed by atoms with van der Waals surface area (Å²) in [4.78, 5) is 24.9. The van der Waals surface area contributed by atoms with Crippen LogP contribution in [-0.4, -0.2) is 25.0 Å². The highest BCUT2D eigenvalue weighted by molar-refractivity contribution is 6.09. The van der Waals surface area contributed by atoms with E-state index in [9.17, 15) is 14.9 Å². The van der Waals surface area contributed by atoms with Crippen LogP contribution in [0.25, 0.3) is 6.08 Å². The molecule has 178 valence electrons. The Morgan fingerprint density at radius 2 is 1.54 bits per heavy atom. The first-order chi connectivity index (χ1) is 16.9. The third-order valence-electron chi connectivity index (χ3n) is 4.88. The number of hydrogen-bond acceptors (Lipinski definition) is 5. The molecule has 0 saturated heterocycles. The molecule has 0 fully saturated rings. The van der Waals surface area contributed by atoms with Gasteiger partial charge in [0.1, 0.15) is 11.6 Å². The zero-order valence-corrected chi connectivity index (χ0v) is 19.9. The van der Waals surface area contributed by atoms with Crippen molar-refractivity contribution in [1.29, 1.82) is 5.26 Å². The summed E-state index contributed by atoms with van der Waals surface area (Å²) in [6, 6.07) is 21.7. The van der Waals surface area contributed by atoms with Crippen molar-refractivity contribution < 1.29 is 19.1 Å². The number of amides is 2. The summed E-state index contributed by atoms with van der Waals surface area (Å²) in [7, 11) is 0. The highest BCUT2D eigenvalue weighted by Crippen LogP contribution is 2.29. The second kappa shape index (κ2) is 12.1. The maximum atomic E-state index is 12.6. The number of carbonyl (C=O) groups is 2. The monoisotopic (exact) mass is 469 g/mol. The molecule has 0 aliphatic rings. The standard InChI is InChI=1S/C28H27N3O4/c1-4-34-26-16-21(15-22(17-29)28(33)31-24-10-6-8-20(3)14-24)11-12-25(26)35-18-27(32)30-23-9-5-7-19(2)13-23/h5-16H,4,18H2,1-3H3,(H,30,32)(H,31,33)/b22-15+. The lowest BCUT2D eigenvalue weighted by Crippen LogP contribution is -2.20. The van der Waals surface area contributed by atoms with Crippen LogP contribution >= 0.6 is 0 Å². The summed E-state index contributed by atoms with van der Waals surface area (Å²) in [5.74, 6) is -0.0297. The van der Waals surface area contributed by atoms with Crippen LogP contribution < -0.4 is 20.1 Å². The van der Waals surface area contributed by atoms with Gasteiger partial charge in [0.05, 0.1) is 6.61 Å². The van der Waals surface area contributed by atoms with Crippen LogP contribution in [0, 0.1) is 25.2 Å². The number of ether oxygens (including phenoxy) is 2. The molecule has 0 bridgehead atoms. The summed E-state index contributed by atoms with van der Waals surface area (Å²) < 4.78 is 11.3. The van der Waals surface area contributed by atoms with Crippen molar-refractivity contribution in [2.24, 2.45) is 0 Å². The SMILES string of the molecule is CCOc1cc(/C=C(\C#N)C(=O)Nc2cccc(C)c2)ccc1OCC(=O)Nc1cccc(C)c1. The normalized spacial score (nSPS) is 10.7. The van der Waals surface area contributed by atoms with Gasteiger partial charge in [0, 0.05) is 11.4 Å². The Morgan fingerprint density at radius 1 is 0.886 bits per heavy atom. The number of aryl methyl sites for hydroxylation is 2. The average molecular weight is 470 g/mol. The molecule has 2 N–H and O–H groups in total. The highest BCUT2D eigenvalue weighted by atomic mass is 16.5. The van der Waals surface area contributed by atoms with Crippen LogP contribution in [0.2, 0.25) is 0 Å². The molecule has 2 amide bonds. The van der Waals surface area contributed by atoms with E-state index in [0.29, 0.717) is 35.0 Å². The van der Waals surface area contributed by atoms with Crippen molar-refractivity contribution in [3.63, 3.8) is 0 Å². The van der Waals surface area contributed by atoms with Crippen molar-refractivity contribution in [1.82, 2.24) is 0 Å². The summed E-state index contributed by atoms with van der Waals surface area (Å²) in [5, 5.41) is 15.0. The zero-order chi connectivity index (χ0) is 25.2. The van der Waals surface area contributed by atoms with Crippen LogP contribution in [0.15, 0.2) is 72.3 Å². The van der Waals surface area contributed by atoms with Gasteiger partial charge in [-0.2, -0.15) is 5.26 Å². The number of rotatable bonds is 9. The summed E-state index contributed by atoms with van der Waals surface area (Å²) >= 11 is 0. The Morgan fingerprint density at radius 3 is 2.14 bits per heavy atom. The molecular formula is C28H27N3O4. The lowest BCUT2D eigenvalue weighted by atomic mass is 10.1. The predicted molar refractivity (Wildman–Crippen MR) is 136 cm³/mol. The topological polar surface area (TPSA) is 100 Å².